The lowest BCUT2D eigenvalue weighted by Gasteiger charge is -2.27. The molecule has 0 bridgehead atoms. The number of rotatable bonds is 15. The van der Waals surface area contributed by atoms with E-state index in [2.05, 4.69) is 44.1 Å². The van der Waals surface area contributed by atoms with Gasteiger partial charge in [0.05, 0.1) is 0 Å². The molecule has 0 spiro atoms. The van der Waals surface area contributed by atoms with Crippen LogP contribution in [0.4, 0.5) is 0 Å². The second-order valence-corrected chi connectivity index (χ2v) is 11.9. The molecular weight excluding hydrogens is 488 g/mol. The van der Waals surface area contributed by atoms with E-state index in [0.29, 0.717) is 29.7 Å². The van der Waals surface area contributed by atoms with Gasteiger partial charge in [-0.15, -0.1) is 0 Å². The second-order valence-electron chi connectivity index (χ2n) is 9.61. The molecule has 36 heavy (non-hydrogen) atoms. The SMILES string of the molecule is CCSCC(C)CC(C)N(C)Cc1ccc(C(=O)N[C@@H](CCSC)C(=O)O)c(-c2ccccc2C)c1. The third-order valence-electron chi connectivity index (χ3n) is 6.51. The summed E-state index contributed by atoms with van der Waals surface area (Å²) in [5.74, 6) is 2.31. The zero-order valence-electron chi connectivity index (χ0n) is 22.5. The first-order chi connectivity index (χ1) is 17.2. The van der Waals surface area contributed by atoms with Crippen LogP contribution in [-0.4, -0.2) is 64.5 Å². The molecule has 0 saturated carbocycles. The molecule has 3 atom stereocenters. The number of nitrogens with zero attached hydrogens (tertiary/aromatic N) is 1. The fourth-order valence-corrected chi connectivity index (χ4v) is 5.55. The predicted molar refractivity (Wildman–Crippen MR) is 156 cm³/mol. The third kappa shape index (κ3) is 9.16. The van der Waals surface area contributed by atoms with E-state index >= 15 is 0 Å². The number of carbonyl (C=O) groups excluding carboxylic acids is 1. The number of carboxylic acids is 1. The van der Waals surface area contributed by atoms with Crippen LogP contribution >= 0.6 is 23.5 Å². The summed E-state index contributed by atoms with van der Waals surface area (Å²) in [5, 5.41) is 12.4. The number of hydrogen-bond acceptors (Lipinski definition) is 5. The molecule has 1 amide bonds. The van der Waals surface area contributed by atoms with Gasteiger partial charge in [-0.2, -0.15) is 23.5 Å². The predicted octanol–water partition coefficient (Wildman–Crippen LogP) is 6.20. The van der Waals surface area contributed by atoms with Crippen LogP contribution in [0.2, 0.25) is 0 Å². The van der Waals surface area contributed by atoms with E-state index in [1.54, 1.807) is 11.8 Å². The number of nitrogens with one attached hydrogen (secondary N) is 1. The monoisotopic (exact) mass is 530 g/mol. The molecule has 0 radical (unpaired) electrons. The van der Waals surface area contributed by atoms with E-state index in [4.69, 9.17) is 0 Å². The van der Waals surface area contributed by atoms with E-state index in [0.717, 1.165) is 41.0 Å². The van der Waals surface area contributed by atoms with Gasteiger partial charge in [-0.3, -0.25) is 9.69 Å². The van der Waals surface area contributed by atoms with E-state index < -0.39 is 12.0 Å². The van der Waals surface area contributed by atoms with Crippen molar-refractivity contribution in [3.63, 3.8) is 0 Å². The summed E-state index contributed by atoms with van der Waals surface area (Å²) < 4.78 is 0. The molecule has 2 unspecified atom stereocenters. The molecule has 5 nitrogen and oxygen atoms in total. The normalized spacial score (nSPS) is 13.9. The summed E-state index contributed by atoms with van der Waals surface area (Å²) in [7, 11) is 2.15. The highest BCUT2D eigenvalue weighted by molar-refractivity contribution is 7.99. The zero-order chi connectivity index (χ0) is 26.7. The number of aliphatic carboxylic acids is 1. The Morgan fingerprint density at radius 1 is 1.11 bits per heavy atom. The van der Waals surface area contributed by atoms with E-state index in [9.17, 15) is 14.7 Å². The van der Waals surface area contributed by atoms with Crippen LogP contribution in [0.25, 0.3) is 11.1 Å². The lowest BCUT2D eigenvalue weighted by atomic mass is 9.93. The maximum Gasteiger partial charge on any atom is 0.326 e. The van der Waals surface area contributed by atoms with Gasteiger partial charge in [0.2, 0.25) is 0 Å². The minimum atomic E-state index is -1.01. The molecule has 2 N–H and O–H groups in total. The van der Waals surface area contributed by atoms with Gasteiger partial charge in [-0.25, -0.2) is 4.79 Å². The maximum absolute atomic E-state index is 13.3. The highest BCUT2D eigenvalue weighted by Crippen LogP contribution is 2.29. The molecule has 0 aromatic heterocycles. The van der Waals surface area contributed by atoms with Gasteiger partial charge >= 0.3 is 5.97 Å². The Balaban J connectivity index is 2.31. The van der Waals surface area contributed by atoms with Crippen molar-refractivity contribution < 1.29 is 14.7 Å². The van der Waals surface area contributed by atoms with Gasteiger partial charge in [0.25, 0.3) is 5.91 Å². The second kappa shape index (κ2) is 15.3. The molecule has 0 aliphatic carbocycles. The average molecular weight is 531 g/mol. The molecule has 7 heteroatoms. The van der Waals surface area contributed by atoms with Crippen molar-refractivity contribution in [2.75, 3.05) is 30.6 Å². The van der Waals surface area contributed by atoms with Crippen LogP contribution in [0.5, 0.6) is 0 Å². The Morgan fingerprint density at radius 3 is 2.47 bits per heavy atom. The van der Waals surface area contributed by atoms with Crippen molar-refractivity contribution in [1.29, 1.82) is 0 Å². The number of carboxylic acid groups (broad SMARTS) is 1. The van der Waals surface area contributed by atoms with Gasteiger partial charge in [-0.1, -0.05) is 44.2 Å². The van der Waals surface area contributed by atoms with Crippen molar-refractivity contribution in [3.05, 3.63) is 59.2 Å². The third-order valence-corrected chi connectivity index (χ3v) is 8.37. The lowest BCUT2D eigenvalue weighted by Crippen LogP contribution is -2.41. The summed E-state index contributed by atoms with van der Waals surface area (Å²) in [6.07, 6.45) is 3.46. The van der Waals surface area contributed by atoms with Crippen LogP contribution in [0.1, 0.15) is 55.1 Å². The van der Waals surface area contributed by atoms with Gasteiger partial charge in [-0.05, 0) is 97.6 Å². The Hall–Kier alpha value is -1.96. The fraction of sp³-hybridized carbons (Fsp3) is 0.517. The number of thioether (sulfide) groups is 2. The lowest BCUT2D eigenvalue weighted by molar-refractivity contribution is -0.139. The van der Waals surface area contributed by atoms with Gasteiger partial charge < -0.3 is 10.4 Å². The van der Waals surface area contributed by atoms with Crippen LogP contribution in [-0.2, 0) is 11.3 Å². The molecule has 0 aliphatic heterocycles. The van der Waals surface area contributed by atoms with Crippen molar-refractivity contribution >= 4 is 35.4 Å². The first-order valence-corrected chi connectivity index (χ1v) is 15.2. The highest BCUT2D eigenvalue weighted by Gasteiger charge is 2.23. The number of carbonyl (C=O) groups is 2. The van der Waals surface area contributed by atoms with Gasteiger partial charge in [0.15, 0.2) is 0 Å². The van der Waals surface area contributed by atoms with Crippen LogP contribution in [0.3, 0.4) is 0 Å². The van der Waals surface area contributed by atoms with Gasteiger partial charge in [0.1, 0.15) is 6.04 Å². The quantitative estimate of drug-likeness (QED) is 0.286. The first kappa shape index (κ1) is 30.3. The Morgan fingerprint density at radius 2 is 1.83 bits per heavy atom. The van der Waals surface area contributed by atoms with Crippen LogP contribution < -0.4 is 5.32 Å². The molecule has 198 valence electrons. The van der Waals surface area contributed by atoms with E-state index in [-0.39, 0.29) is 5.91 Å². The zero-order valence-corrected chi connectivity index (χ0v) is 24.2. The van der Waals surface area contributed by atoms with Crippen molar-refractivity contribution in [3.8, 4) is 11.1 Å². The average Bonchev–Trinajstić information content (AvgIpc) is 2.85. The smallest absolute Gasteiger partial charge is 0.326 e. The van der Waals surface area contributed by atoms with Crippen molar-refractivity contribution in [2.24, 2.45) is 5.92 Å². The summed E-state index contributed by atoms with van der Waals surface area (Å²) in [5.41, 5.74) is 4.54. The summed E-state index contributed by atoms with van der Waals surface area (Å²) in [6, 6.07) is 13.5. The van der Waals surface area contributed by atoms with Crippen molar-refractivity contribution in [1.82, 2.24) is 10.2 Å². The number of hydrogen-bond donors (Lipinski definition) is 2. The Kier molecular flexibility index (Phi) is 12.9. The topological polar surface area (TPSA) is 69.6 Å². The van der Waals surface area contributed by atoms with Crippen molar-refractivity contribution in [2.45, 2.75) is 59.2 Å². The highest BCUT2D eigenvalue weighted by atomic mass is 32.2. The fourth-order valence-electron chi connectivity index (χ4n) is 4.31. The van der Waals surface area contributed by atoms with E-state index in [1.165, 1.54) is 5.75 Å². The summed E-state index contributed by atoms with van der Waals surface area (Å²) >= 11 is 3.56. The number of amides is 1. The number of aryl methyl sites for hydroxylation is 1. The maximum atomic E-state index is 13.3. The Labute approximate surface area is 225 Å². The first-order valence-electron chi connectivity index (χ1n) is 12.7. The Bertz CT molecular complexity index is 998. The molecule has 2 rings (SSSR count). The summed E-state index contributed by atoms with van der Waals surface area (Å²) in [6.45, 7) is 9.61. The largest absolute Gasteiger partial charge is 0.480 e. The minimum Gasteiger partial charge on any atom is -0.480 e. The molecule has 0 aliphatic rings. The molecule has 2 aromatic carbocycles. The molecule has 2 aromatic rings. The number of benzene rings is 2. The van der Waals surface area contributed by atoms with Crippen LogP contribution in [0.15, 0.2) is 42.5 Å². The molecule has 0 heterocycles. The van der Waals surface area contributed by atoms with Gasteiger partial charge in [0, 0.05) is 18.2 Å². The standard InChI is InChI=1S/C29H42N2O3S2/c1-7-36-19-20(2)16-22(4)31(5)18-23-12-13-25(26(17-23)24-11-9-8-10-21(24)3)28(32)30-27(29(33)34)14-15-35-6/h8-13,17,20,22,27H,7,14-16,18-19H2,1-6H3,(H,30,32)(H,33,34)/t20?,22?,27-/m0/s1. The van der Waals surface area contributed by atoms with Crippen LogP contribution in [0, 0.1) is 12.8 Å². The summed E-state index contributed by atoms with van der Waals surface area (Å²) in [4.78, 5) is 27.4. The minimum absolute atomic E-state index is 0.350. The molecule has 0 fully saturated rings. The molecular formula is C29H42N2O3S2. The molecule has 0 saturated heterocycles. The van der Waals surface area contributed by atoms with E-state index in [1.807, 2.05) is 61.3 Å².